The van der Waals surface area contributed by atoms with Gasteiger partial charge >= 0.3 is 0 Å². The van der Waals surface area contributed by atoms with Gasteiger partial charge in [-0.15, -0.1) is 0 Å². The highest BCUT2D eigenvalue weighted by Crippen LogP contribution is 2.18. The number of halogens is 1. The van der Waals surface area contributed by atoms with Gasteiger partial charge in [0, 0.05) is 17.1 Å². The van der Waals surface area contributed by atoms with Gasteiger partial charge in [-0.1, -0.05) is 22.0 Å². The van der Waals surface area contributed by atoms with E-state index in [0.29, 0.717) is 6.54 Å². The molecule has 0 spiro atoms. The van der Waals surface area contributed by atoms with Gasteiger partial charge in [0.25, 0.3) is 0 Å². The minimum absolute atomic E-state index is 0.0544. The Morgan fingerprint density at radius 2 is 2.08 bits per heavy atom. The van der Waals surface area contributed by atoms with Crippen molar-refractivity contribution in [3.63, 3.8) is 0 Å². The molecule has 12 heavy (non-hydrogen) atoms. The average Bonchev–Trinajstić information content (AvgIpc) is 2.01. The maximum atomic E-state index is 5.79. The number of rotatable bonds is 2. The fourth-order valence-electron chi connectivity index (χ4n) is 1.11. The molecule has 0 amide bonds. The lowest BCUT2D eigenvalue weighted by molar-refractivity contribution is 0.736. The molecule has 2 nitrogen and oxygen atoms in total. The Kier molecular flexibility index (Phi) is 3.26. The summed E-state index contributed by atoms with van der Waals surface area (Å²) in [5, 5.41) is 0. The molecule has 0 aliphatic heterocycles. The Morgan fingerprint density at radius 1 is 1.42 bits per heavy atom. The summed E-state index contributed by atoms with van der Waals surface area (Å²) in [7, 11) is 0. The smallest absolute Gasteiger partial charge is 0.0419 e. The van der Waals surface area contributed by atoms with Gasteiger partial charge in [-0.25, -0.2) is 0 Å². The topological polar surface area (TPSA) is 52.0 Å². The van der Waals surface area contributed by atoms with Crippen molar-refractivity contribution in [3.8, 4) is 0 Å². The normalized spacial score (nSPS) is 13.0. The van der Waals surface area contributed by atoms with Gasteiger partial charge in [-0.2, -0.15) is 0 Å². The average molecular weight is 229 g/mol. The molecular weight excluding hydrogens is 216 g/mol. The predicted molar refractivity (Wildman–Crippen MR) is 54.9 cm³/mol. The molecule has 4 N–H and O–H groups in total. The highest BCUT2D eigenvalue weighted by atomic mass is 79.9. The van der Waals surface area contributed by atoms with Gasteiger partial charge in [-0.3, -0.25) is 0 Å². The van der Waals surface area contributed by atoms with Crippen LogP contribution in [-0.2, 0) is 0 Å². The molecule has 0 saturated heterocycles. The quantitative estimate of drug-likeness (QED) is 0.811. The standard InChI is InChI=1S/C9H13BrN2/c1-6-2-7(9(12)5-11)4-8(10)3-6/h2-4,9H,5,11-12H2,1H3/t9-/m0/s1. The monoisotopic (exact) mass is 228 g/mol. The summed E-state index contributed by atoms with van der Waals surface area (Å²) in [4.78, 5) is 0. The molecule has 1 rings (SSSR count). The molecule has 0 heterocycles. The van der Waals surface area contributed by atoms with Crippen LogP contribution in [0.5, 0.6) is 0 Å². The summed E-state index contributed by atoms with van der Waals surface area (Å²) < 4.78 is 1.06. The van der Waals surface area contributed by atoms with Crippen LogP contribution in [0.1, 0.15) is 17.2 Å². The minimum Gasteiger partial charge on any atom is -0.329 e. The van der Waals surface area contributed by atoms with Crippen LogP contribution in [0.15, 0.2) is 22.7 Å². The van der Waals surface area contributed by atoms with E-state index in [1.807, 2.05) is 19.1 Å². The van der Waals surface area contributed by atoms with E-state index in [2.05, 4.69) is 22.0 Å². The Morgan fingerprint density at radius 3 is 2.58 bits per heavy atom. The molecule has 0 radical (unpaired) electrons. The molecule has 66 valence electrons. The molecule has 0 unspecified atom stereocenters. The Balaban J connectivity index is 3.00. The van der Waals surface area contributed by atoms with Crippen molar-refractivity contribution >= 4 is 15.9 Å². The molecule has 0 bridgehead atoms. The largest absolute Gasteiger partial charge is 0.329 e. The van der Waals surface area contributed by atoms with Crippen LogP contribution in [0.2, 0.25) is 0 Å². The van der Waals surface area contributed by atoms with Gasteiger partial charge in [0.15, 0.2) is 0 Å². The van der Waals surface area contributed by atoms with Crippen LogP contribution in [-0.4, -0.2) is 6.54 Å². The molecule has 1 aromatic carbocycles. The Labute approximate surface area is 81.1 Å². The van der Waals surface area contributed by atoms with Crippen molar-refractivity contribution in [2.75, 3.05) is 6.54 Å². The van der Waals surface area contributed by atoms with Crippen molar-refractivity contribution in [1.29, 1.82) is 0 Å². The molecule has 0 fully saturated rings. The van der Waals surface area contributed by atoms with E-state index in [9.17, 15) is 0 Å². The third kappa shape index (κ3) is 2.30. The van der Waals surface area contributed by atoms with Crippen molar-refractivity contribution in [1.82, 2.24) is 0 Å². The fourth-order valence-corrected chi connectivity index (χ4v) is 1.74. The second-order valence-corrected chi connectivity index (χ2v) is 3.82. The van der Waals surface area contributed by atoms with Gasteiger partial charge in [-0.05, 0) is 30.2 Å². The van der Waals surface area contributed by atoms with E-state index in [-0.39, 0.29) is 6.04 Å². The number of nitrogens with two attached hydrogens (primary N) is 2. The summed E-state index contributed by atoms with van der Waals surface area (Å²) in [5.74, 6) is 0. The number of hydrogen-bond donors (Lipinski definition) is 2. The third-order valence-corrected chi connectivity index (χ3v) is 2.20. The van der Waals surface area contributed by atoms with Crippen LogP contribution in [0.3, 0.4) is 0 Å². The fraction of sp³-hybridized carbons (Fsp3) is 0.333. The lowest BCUT2D eigenvalue weighted by Gasteiger charge is -2.10. The number of aryl methyl sites for hydroxylation is 1. The van der Waals surface area contributed by atoms with Gasteiger partial charge < -0.3 is 11.5 Å². The molecule has 0 aromatic heterocycles. The molecule has 1 aromatic rings. The SMILES string of the molecule is Cc1cc(Br)cc([C@@H](N)CN)c1. The van der Waals surface area contributed by atoms with Gasteiger partial charge in [0.05, 0.1) is 0 Å². The highest BCUT2D eigenvalue weighted by molar-refractivity contribution is 9.10. The van der Waals surface area contributed by atoms with Crippen molar-refractivity contribution in [2.45, 2.75) is 13.0 Å². The molecule has 0 aliphatic rings. The summed E-state index contributed by atoms with van der Waals surface area (Å²) in [5.41, 5.74) is 13.5. The van der Waals surface area contributed by atoms with E-state index < -0.39 is 0 Å². The van der Waals surface area contributed by atoms with E-state index >= 15 is 0 Å². The van der Waals surface area contributed by atoms with E-state index in [4.69, 9.17) is 11.5 Å². The maximum Gasteiger partial charge on any atom is 0.0419 e. The van der Waals surface area contributed by atoms with Crippen molar-refractivity contribution in [2.24, 2.45) is 11.5 Å². The maximum absolute atomic E-state index is 5.79. The van der Waals surface area contributed by atoms with Crippen LogP contribution < -0.4 is 11.5 Å². The lowest BCUT2D eigenvalue weighted by atomic mass is 10.1. The zero-order valence-electron chi connectivity index (χ0n) is 7.05. The van der Waals surface area contributed by atoms with Gasteiger partial charge in [0.1, 0.15) is 0 Å². The van der Waals surface area contributed by atoms with Crippen LogP contribution in [0, 0.1) is 6.92 Å². The lowest BCUT2D eigenvalue weighted by Crippen LogP contribution is -2.20. The van der Waals surface area contributed by atoms with E-state index in [1.165, 1.54) is 5.56 Å². The second-order valence-electron chi connectivity index (χ2n) is 2.90. The first-order valence-corrected chi connectivity index (χ1v) is 4.65. The molecule has 1 atom stereocenters. The summed E-state index contributed by atoms with van der Waals surface area (Å²) >= 11 is 3.41. The first-order valence-electron chi connectivity index (χ1n) is 3.86. The summed E-state index contributed by atoms with van der Waals surface area (Å²) in [6.07, 6.45) is 0. The number of hydrogen-bond acceptors (Lipinski definition) is 2. The van der Waals surface area contributed by atoms with E-state index in [0.717, 1.165) is 10.0 Å². The summed E-state index contributed by atoms with van der Waals surface area (Å²) in [6.45, 7) is 2.52. The van der Waals surface area contributed by atoms with Gasteiger partial charge in [0.2, 0.25) is 0 Å². The molecular formula is C9H13BrN2. The van der Waals surface area contributed by atoms with Crippen LogP contribution >= 0.6 is 15.9 Å². The molecule has 3 heteroatoms. The predicted octanol–water partition coefficient (Wildman–Crippen LogP) is 1.72. The second kappa shape index (κ2) is 4.03. The van der Waals surface area contributed by atoms with Crippen LogP contribution in [0.25, 0.3) is 0 Å². The first-order chi connectivity index (χ1) is 5.63. The van der Waals surface area contributed by atoms with Crippen molar-refractivity contribution < 1.29 is 0 Å². The van der Waals surface area contributed by atoms with Crippen molar-refractivity contribution in [3.05, 3.63) is 33.8 Å². The third-order valence-electron chi connectivity index (χ3n) is 1.75. The van der Waals surface area contributed by atoms with Crippen LogP contribution in [0.4, 0.5) is 0 Å². The molecule has 0 aliphatic carbocycles. The Bertz CT molecular complexity index is 253. The highest BCUT2D eigenvalue weighted by Gasteiger charge is 2.04. The molecule has 0 saturated carbocycles. The number of benzene rings is 1. The zero-order valence-corrected chi connectivity index (χ0v) is 8.64. The first kappa shape index (κ1) is 9.71. The Hall–Kier alpha value is -0.380. The van der Waals surface area contributed by atoms with E-state index in [1.54, 1.807) is 0 Å². The minimum atomic E-state index is -0.0544. The summed E-state index contributed by atoms with van der Waals surface area (Å²) in [6, 6.07) is 6.06. The zero-order chi connectivity index (χ0) is 9.14.